The highest BCUT2D eigenvalue weighted by atomic mass is 127. The van der Waals surface area contributed by atoms with Gasteiger partial charge in [0, 0.05) is 12.5 Å². The molecule has 0 aromatic heterocycles. The molecule has 0 aliphatic carbocycles. The van der Waals surface area contributed by atoms with E-state index in [2.05, 4.69) is 6.92 Å². The summed E-state index contributed by atoms with van der Waals surface area (Å²) in [5.74, 6) is -0.357. The molecule has 0 saturated carbocycles. The number of hydrogen-bond donors (Lipinski definition) is 1. The molecular weight excluding hydrogens is 359 g/mol. The van der Waals surface area contributed by atoms with Gasteiger partial charge in [0.25, 0.3) is 0 Å². The predicted octanol–water partition coefficient (Wildman–Crippen LogP) is 3.50. The third kappa shape index (κ3) is 5.18. The second kappa shape index (κ2) is 8.14. The van der Waals surface area contributed by atoms with Gasteiger partial charge in [0.05, 0.1) is 9.99 Å². The van der Waals surface area contributed by atoms with Crippen LogP contribution in [0.3, 0.4) is 0 Å². The fourth-order valence-electron chi connectivity index (χ4n) is 1.64. The first-order valence-corrected chi connectivity index (χ1v) is 7.74. The van der Waals surface area contributed by atoms with Crippen molar-refractivity contribution in [1.82, 2.24) is 0 Å². The van der Waals surface area contributed by atoms with Crippen molar-refractivity contribution < 1.29 is 19.4 Å². The molecule has 0 atom stereocenters. The summed E-state index contributed by atoms with van der Waals surface area (Å²) in [6.07, 6.45) is 3.29. The summed E-state index contributed by atoms with van der Waals surface area (Å²) in [6.45, 7) is 2.07. The van der Waals surface area contributed by atoms with Gasteiger partial charge in [-0.25, -0.2) is 0 Å². The number of carbonyl (C=O) groups is 2. The minimum Gasteiger partial charge on any atom is -0.507 e. The third-order valence-corrected chi connectivity index (χ3v) is 3.24. The summed E-state index contributed by atoms with van der Waals surface area (Å²) in [5.41, 5.74) is 0.283. The van der Waals surface area contributed by atoms with Gasteiger partial charge in [-0.2, -0.15) is 0 Å². The normalized spacial score (nSPS) is 10.2. The fraction of sp³-hybridized carbons (Fsp3) is 0.429. The van der Waals surface area contributed by atoms with E-state index in [1.807, 2.05) is 22.6 Å². The second-order valence-corrected chi connectivity index (χ2v) is 4.93. The van der Waals surface area contributed by atoms with Crippen LogP contribution < -0.4 is 4.74 Å². The number of ether oxygens (including phenoxy) is 1. The molecule has 0 saturated heterocycles. The molecule has 4 nitrogen and oxygen atoms in total. The zero-order valence-corrected chi connectivity index (χ0v) is 13.0. The lowest BCUT2D eigenvalue weighted by Gasteiger charge is -2.07. The van der Waals surface area contributed by atoms with Crippen LogP contribution in [0.2, 0.25) is 0 Å². The highest BCUT2D eigenvalue weighted by Gasteiger charge is 2.12. The van der Waals surface area contributed by atoms with Gasteiger partial charge in [-0.3, -0.25) is 9.59 Å². The molecule has 1 N–H and O–H groups in total. The van der Waals surface area contributed by atoms with Gasteiger partial charge in [-0.1, -0.05) is 42.4 Å². The number of aromatic hydroxyl groups is 1. The number of rotatable bonds is 7. The van der Waals surface area contributed by atoms with Gasteiger partial charge < -0.3 is 9.84 Å². The van der Waals surface area contributed by atoms with E-state index in [-0.39, 0.29) is 33.2 Å². The van der Waals surface area contributed by atoms with E-state index in [1.165, 1.54) is 18.2 Å². The van der Waals surface area contributed by atoms with Gasteiger partial charge >= 0.3 is 5.97 Å². The third-order valence-electron chi connectivity index (χ3n) is 2.62. The van der Waals surface area contributed by atoms with E-state index < -0.39 is 0 Å². The average molecular weight is 376 g/mol. The van der Waals surface area contributed by atoms with Crippen molar-refractivity contribution in [3.8, 4) is 11.5 Å². The van der Waals surface area contributed by atoms with Crippen LogP contribution in [0.15, 0.2) is 18.2 Å². The number of benzene rings is 1. The smallest absolute Gasteiger partial charge is 0.321 e. The standard InChI is InChI=1S/C14H17IO4/c1-2-3-4-5-12(16)11-7-6-10(8-13(11)17)19-14(18)9-15/h6-8,17H,2-5,9H2,1H3. The van der Waals surface area contributed by atoms with Crippen molar-refractivity contribution >= 4 is 34.3 Å². The zero-order chi connectivity index (χ0) is 14.3. The van der Waals surface area contributed by atoms with Crippen LogP contribution in [0.25, 0.3) is 0 Å². The van der Waals surface area contributed by atoms with Crippen molar-refractivity contribution in [2.45, 2.75) is 32.6 Å². The van der Waals surface area contributed by atoms with Gasteiger partial charge in [0.15, 0.2) is 5.78 Å². The number of halogens is 1. The molecule has 0 unspecified atom stereocenters. The number of esters is 1. The van der Waals surface area contributed by atoms with Crippen LogP contribution in [-0.4, -0.2) is 21.3 Å². The molecule has 1 aromatic rings. The maximum Gasteiger partial charge on any atom is 0.321 e. The van der Waals surface area contributed by atoms with Gasteiger partial charge in [-0.15, -0.1) is 0 Å². The Bertz CT molecular complexity index is 457. The van der Waals surface area contributed by atoms with E-state index >= 15 is 0 Å². The summed E-state index contributed by atoms with van der Waals surface area (Å²) < 4.78 is 5.19. The van der Waals surface area contributed by atoms with Crippen LogP contribution in [0.1, 0.15) is 43.0 Å². The summed E-state index contributed by atoms with van der Waals surface area (Å²) in [5, 5.41) is 9.79. The minimum absolute atomic E-state index is 0.0854. The molecule has 0 amide bonds. The fourth-order valence-corrected chi connectivity index (χ4v) is 1.80. The molecule has 19 heavy (non-hydrogen) atoms. The molecule has 1 aromatic carbocycles. The lowest BCUT2D eigenvalue weighted by molar-refractivity contribution is -0.131. The Morgan fingerprint density at radius 2 is 2.05 bits per heavy atom. The molecule has 0 bridgehead atoms. The molecular formula is C14H17IO4. The Kier molecular flexibility index (Phi) is 6.83. The summed E-state index contributed by atoms with van der Waals surface area (Å²) in [6, 6.07) is 4.33. The first kappa shape index (κ1) is 15.9. The Labute approximate surface area is 126 Å². The van der Waals surface area contributed by atoms with Crippen molar-refractivity contribution in [2.75, 3.05) is 4.43 Å². The van der Waals surface area contributed by atoms with E-state index in [1.54, 1.807) is 0 Å². The first-order chi connectivity index (χ1) is 9.08. The monoisotopic (exact) mass is 376 g/mol. The Morgan fingerprint density at radius 1 is 1.32 bits per heavy atom. The number of unbranched alkanes of at least 4 members (excludes halogenated alkanes) is 2. The van der Waals surface area contributed by atoms with Crippen molar-refractivity contribution in [3.63, 3.8) is 0 Å². The van der Waals surface area contributed by atoms with Crippen LogP contribution in [0.5, 0.6) is 11.5 Å². The lowest BCUT2D eigenvalue weighted by Crippen LogP contribution is -2.08. The topological polar surface area (TPSA) is 63.6 Å². The molecule has 104 valence electrons. The minimum atomic E-state index is -0.387. The lowest BCUT2D eigenvalue weighted by atomic mass is 10.0. The van der Waals surface area contributed by atoms with Gasteiger partial charge in [0.1, 0.15) is 11.5 Å². The predicted molar refractivity (Wildman–Crippen MR) is 81.1 cm³/mol. The summed E-state index contributed by atoms with van der Waals surface area (Å²) in [7, 11) is 0. The van der Waals surface area contributed by atoms with Gasteiger partial charge in [-0.05, 0) is 18.6 Å². The van der Waals surface area contributed by atoms with E-state index in [0.29, 0.717) is 6.42 Å². The molecule has 0 aliphatic heterocycles. The maximum absolute atomic E-state index is 11.9. The van der Waals surface area contributed by atoms with Gasteiger partial charge in [0.2, 0.25) is 0 Å². The van der Waals surface area contributed by atoms with Crippen molar-refractivity contribution in [2.24, 2.45) is 0 Å². The summed E-state index contributed by atoms with van der Waals surface area (Å²) >= 11 is 1.89. The number of phenols is 1. The molecule has 0 fully saturated rings. The second-order valence-electron chi connectivity index (χ2n) is 4.17. The molecule has 1 rings (SSSR count). The Morgan fingerprint density at radius 3 is 2.63 bits per heavy atom. The summed E-state index contributed by atoms with van der Waals surface area (Å²) in [4.78, 5) is 23.0. The Hall–Kier alpha value is -1.11. The van der Waals surface area contributed by atoms with Crippen molar-refractivity contribution in [1.29, 1.82) is 0 Å². The highest BCUT2D eigenvalue weighted by Crippen LogP contribution is 2.25. The van der Waals surface area contributed by atoms with Crippen LogP contribution >= 0.6 is 22.6 Å². The number of alkyl halides is 1. The molecule has 0 aliphatic rings. The largest absolute Gasteiger partial charge is 0.507 e. The van der Waals surface area contributed by atoms with Crippen LogP contribution in [0.4, 0.5) is 0 Å². The number of phenolic OH excluding ortho intramolecular Hbond substituents is 1. The van der Waals surface area contributed by atoms with Crippen LogP contribution in [-0.2, 0) is 4.79 Å². The first-order valence-electron chi connectivity index (χ1n) is 6.21. The maximum atomic E-state index is 11.9. The Balaban J connectivity index is 2.71. The highest BCUT2D eigenvalue weighted by molar-refractivity contribution is 14.1. The molecule has 0 radical (unpaired) electrons. The quantitative estimate of drug-likeness (QED) is 0.198. The number of carbonyl (C=O) groups excluding carboxylic acids is 2. The SMILES string of the molecule is CCCCCC(=O)c1ccc(OC(=O)CI)cc1O. The average Bonchev–Trinajstić information content (AvgIpc) is 2.38. The number of hydrogen-bond acceptors (Lipinski definition) is 4. The molecule has 5 heteroatoms. The van der Waals surface area contributed by atoms with E-state index in [9.17, 15) is 14.7 Å². The number of Topliss-reactive ketones (excluding diaryl/α,β-unsaturated/α-hetero) is 1. The molecule has 0 heterocycles. The van der Waals surface area contributed by atoms with Crippen molar-refractivity contribution in [3.05, 3.63) is 23.8 Å². The zero-order valence-electron chi connectivity index (χ0n) is 10.8. The van der Waals surface area contributed by atoms with E-state index in [0.717, 1.165) is 19.3 Å². The number of ketones is 1. The van der Waals surface area contributed by atoms with Crippen LogP contribution in [0, 0.1) is 0 Å². The van der Waals surface area contributed by atoms with E-state index in [4.69, 9.17) is 4.74 Å². The molecule has 0 spiro atoms.